The number of nitrogens with zero attached hydrogens (tertiary/aromatic N) is 3. The Balaban J connectivity index is 2.03. The van der Waals surface area contributed by atoms with Gasteiger partial charge in [-0.15, -0.1) is 11.3 Å². The average Bonchev–Trinajstić information content (AvgIpc) is 2.55. The lowest BCUT2D eigenvalue weighted by Crippen LogP contribution is -2.28. The van der Waals surface area contributed by atoms with Crippen LogP contribution in [0.3, 0.4) is 0 Å². The van der Waals surface area contributed by atoms with Crippen LogP contribution in [0.15, 0.2) is 12.4 Å². The van der Waals surface area contributed by atoms with E-state index in [1.54, 1.807) is 17.7 Å². The summed E-state index contributed by atoms with van der Waals surface area (Å²) in [6.07, 6.45) is 2.86. The van der Waals surface area contributed by atoms with Crippen LogP contribution in [0.2, 0.25) is 0 Å². The lowest BCUT2D eigenvalue weighted by atomic mass is 10.3. The average molecular weight is 248 g/mol. The molecule has 2 aromatic heterocycles. The molecule has 0 aromatic carbocycles. The van der Waals surface area contributed by atoms with Crippen LogP contribution in [0.4, 0.5) is 5.82 Å². The zero-order valence-corrected chi connectivity index (χ0v) is 10.8. The third kappa shape index (κ3) is 2.12. The molecule has 1 N–H and O–H groups in total. The number of thiophene rings is 1. The number of rotatable bonds is 1. The van der Waals surface area contributed by atoms with Crippen LogP contribution in [0, 0.1) is 6.92 Å². The summed E-state index contributed by atoms with van der Waals surface area (Å²) in [5, 5.41) is 4.62. The van der Waals surface area contributed by atoms with E-state index >= 15 is 0 Å². The van der Waals surface area contributed by atoms with E-state index in [0.717, 1.165) is 36.8 Å². The SMILES string of the molecule is Cc1cc2c(N3CCCNCC3)ncnc2s1. The summed E-state index contributed by atoms with van der Waals surface area (Å²) < 4.78 is 0. The highest BCUT2D eigenvalue weighted by molar-refractivity contribution is 7.18. The normalized spacial score (nSPS) is 17.4. The molecule has 5 heteroatoms. The molecule has 2 aromatic rings. The maximum atomic E-state index is 4.48. The van der Waals surface area contributed by atoms with E-state index in [9.17, 15) is 0 Å². The third-order valence-electron chi connectivity index (χ3n) is 3.07. The molecule has 0 aliphatic carbocycles. The Morgan fingerprint density at radius 2 is 2.24 bits per heavy atom. The van der Waals surface area contributed by atoms with Crippen molar-refractivity contribution in [3.63, 3.8) is 0 Å². The van der Waals surface area contributed by atoms with Crippen molar-refractivity contribution in [3.05, 3.63) is 17.3 Å². The van der Waals surface area contributed by atoms with Gasteiger partial charge in [0.25, 0.3) is 0 Å². The van der Waals surface area contributed by atoms with Gasteiger partial charge in [-0.25, -0.2) is 9.97 Å². The first-order chi connectivity index (χ1) is 8.34. The lowest BCUT2D eigenvalue weighted by Gasteiger charge is -2.21. The first kappa shape index (κ1) is 10.9. The largest absolute Gasteiger partial charge is 0.355 e. The Labute approximate surface area is 105 Å². The fourth-order valence-corrected chi connectivity index (χ4v) is 3.11. The van der Waals surface area contributed by atoms with Crippen LogP contribution in [-0.4, -0.2) is 36.1 Å². The van der Waals surface area contributed by atoms with Gasteiger partial charge in [-0.3, -0.25) is 0 Å². The first-order valence-corrected chi connectivity index (χ1v) is 6.83. The van der Waals surface area contributed by atoms with Crippen LogP contribution in [0.1, 0.15) is 11.3 Å². The minimum Gasteiger partial charge on any atom is -0.355 e. The molecule has 0 atom stereocenters. The van der Waals surface area contributed by atoms with Crippen molar-refractivity contribution in [2.45, 2.75) is 13.3 Å². The summed E-state index contributed by atoms with van der Waals surface area (Å²) in [7, 11) is 0. The van der Waals surface area contributed by atoms with Gasteiger partial charge in [-0.05, 0) is 26.0 Å². The van der Waals surface area contributed by atoms with Gasteiger partial charge in [-0.2, -0.15) is 0 Å². The predicted molar refractivity (Wildman–Crippen MR) is 71.9 cm³/mol. The molecule has 1 saturated heterocycles. The number of hydrogen-bond acceptors (Lipinski definition) is 5. The number of hydrogen-bond donors (Lipinski definition) is 1. The Bertz CT molecular complexity index is 514. The molecule has 0 amide bonds. The van der Waals surface area contributed by atoms with E-state index in [2.05, 4.69) is 33.2 Å². The molecule has 0 radical (unpaired) electrons. The van der Waals surface area contributed by atoms with Crippen molar-refractivity contribution in [1.29, 1.82) is 0 Å². The van der Waals surface area contributed by atoms with E-state index in [1.165, 1.54) is 16.7 Å². The highest BCUT2D eigenvalue weighted by Gasteiger charge is 2.15. The molecular weight excluding hydrogens is 232 g/mol. The van der Waals surface area contributed by atoms with Gasteiger partial charge in [-0.1, -0.05) is 0 Å². The molecule has 90 valence electrons. The molecule has 3 rings (SSSR count). The molecular formula is C12H16N4S. The zero-order valence-electron chi connectivity index (χ0n) is 9.94. The van der Waals surface area contributed by atoms with Crippen molar-refractivity contribution >= 4 is 27.4 Å². The Morgan fingerprint density at radius 3 is 3.18 bits per heavy atom. The van der Waals surface area contributed by atoms with Gasteiger partial charge in [0.1, 0.15) is 17.0 Å². The molecule has 0 saturated carbocycles. The number of nitrogens with one attached hydrogen (secondary N) is 1. The smallest absolute Gasteiger partial charge is 0.140 e. The van der Waals surface area contributed by atoms with E-state index in [4.69, 9.17) is 0 Å². The Hall–Kier alpha value is -1.20. The molecule has 0 bridgehead atoms. The molecule has 0 spiro atoms. The lowest BCUT2D eigenvalue weighted by molar-refractivity contribution is 0.724. The standard InChI is InChI=1S/C12H16N4S/c1-9-7-10-11(14-8-15-12(10)17-9)16-5-2-3-13-4-6-16/h7-8,13H,2-6H2,1H3. The monoisotopic (exact) mass is 248 g/mol. The fraction of sp³-hybridized carbons (Fsp3) is 0.500. The van der Waals surface area contributed by atoms with Gasteiger partial charge < -0.3 is 10.2 Å². The number of fused-ring (bicyclic) bond motifs is 1. The van der Waals surface area contributed by atoms with E-state index in [0.29, 0.717) is 0 Å². The van der Waals surface area contributed by atoms with Crippen LogP contribution in [0.5, 0.6) is 0 Å². The summed E-state index contributed by atoms with van der Waals surface area (Å²) in [4.78, 5) is 13.6. The minimum absolute atomic E-state index is 1.03. The number of anilines is 1. The minimum atomic E-state index is 1.03. The Kier molecular flexibility index (Phi) is 2.94. The number of aromatic nitrogens is 2. The summed E-state index contributed by atoms with van der Waals surface area (Å²) in [6.45, 7) is 6.37. The van der Waals surface area contributed by atoms with Crippen molar-refractivity contribution < 1.29 is 0 Å². The van der Waals surface area contributed by atoms with Crippen molar-refractivity contribution in [2.75, 3.05) is 31.1 Å². The van der Waals surface area contributed by atoms with Crippen LogP contribution in [-0.2, 0) is 0 Å². The topological polar surface area (TPSA) is 41.0 Å². The second-order valence-electron chi connectivity index (χ2n) is 4.36. The van der Waals surface area contributed by atoms with Crippen LogP contribution >= 0.6 is 11.3 Å². The van der Waals surface area contributed by atoms with Gasteiger partial charge in [0.15, 0.2) is 0 Å². The summed E-state index contributed by atoms with van der Waals surface area (Å²) in [6, 6.07) is 2.20. The molecule has 0 unspecified atom stereocenters. The van der Waals surface area contributed by atoms with Crippen LogP contribution in [0.25, 0.3) is 10.2 Å². The highest BCUT2D eigenvalue weighted by Crippen LogP contribution is 2.29. The molecule has 17 heavy (non-hydrogen) atoms. The third-order valence-corrected chi connectivity index (χ3v) is 4.03. The molecule has 4 nitrogen and oxygen atoms in total. The maximum Gasteiger partial charge on any atom is 0.140 e. The predicted octanol–water partition coefficient (Wildman–Crippen LogP) is 1.80. The summed E-state index contributed by atoms with van der Waals surface area (Å²) in [5.41, 5.74) is 0. The van der Waals surface area contributed by atoms with Gasteiger partial charge in [0.05, 0.1) is 5.39 Å². The molecule has 1 aliphatic rings. The maximum absolute atomic E-state index is 4.48. The van der Waals surface area contributed by atoms with Gasteiger partial charge >= 0.3 is 0 Å². The fourth-order valence-electron chi connectivity index (χ4n) is 2.27. The van der Waals surface area contributed by atoms with Crippen molar-refractivity contribution in [1.82, 2.24) is 15.3 Å². The van der Waals surface area contributed by atoms with Crippen molar-refractivity contribution in [3.8, 4) is 0 Å². The van der Waals surface area contributed by atoms with Crippen molar-refractivity contribution in [2.24, 2.45) is 0 Å². The summed E-state index contributed by atoms with van der Waals surface area (Å²) in [5.74, 6) is 1.10. The van der Waals surface area contributed by atoms with Crippen LogP contribution < -0.4 is 10.2 Å². The zero-order chi connectivity index (χ0) is 11.7. The highest BCUT2D eigenvalue weighted by atomic mass is 32.1. The molecule has 3 heterocycles. The molecule has 1 aliphatic heterocycles. The molecule has 1 fully saturated rings. The quantitative estimate of drug-likeness (QED) is 0.835. The van der Waals surface area contributed by atoms with E-state index in [-0.39, 0.29) is 0 Å². The second-order valence-corrected chi connectivity index (χ2v) is 5.60. The van der Waals surface area contributed by atoms with E-state index < -0.39 is 0 Å². The van der Waals surface area contributed by atoms with Gasteiger partial charge in [0, 0.05) is 24.5 Å². The van der Waals surface area contributed by atoms with Gasteiger partial charge in [0.2, 0.25) is 0 Å². The first-order valence-electron chi connectivity index (χ1n) is 6.01. The Morgan fingerprint density at radius 1 is 1.29 bits per heavy atom. The second kappa shape index (κ2) is 4.58. The number of aryl methyl sites for hydroxylation is 1. The summed E-state index contributed by atoms with van der Waals surface area (Å²) >= 11 is 1.74. The van der Waals surface area contributed by atoms with E-state index in [1.807, 2.05) is 0 Å².